The van der Waals surface area contributed by atoms with Gasteiger partial charge >= 0.3 is 12.1 Å². The van der Waals surface area contributed by atoms with E-state index in [1.54, 1.807) is 24.3 Å². The fourth-order valence-electron chi connectivity index (χ4n) is 3.89. The van der Waals surface area contributed by atoms with Crippen LogP contribution >= 0.6 is 0 Å². The van der Waals surface area contributed by atoms with Gasteiger partial charge in [-0.25, -0.2) is 18.0 Å². The van der Waals surface area contributed by atoms with Gasteiger partial charge < -0.3 is 29.5 Å². The lowest BCUT2D eigenvalue weighted by molar-refractivity contribution is -0.140. The number of benzene rings is 2. The van der Waals surface area contributed by atoms with Gasteiger partial charge in [-0.2, -0.15) is 4.31 Å². The standard InChI is InChI=1S/C25H31N3O9S/c1-35-21-10-8-19(16-22(21)36-2)38(33,34)28-14-12-27(13-15-28)23(29)11-9-20(24(30)31)26-25(32)37-17-18-6-4-3-5-7-18/h3-8,10,16,20H,9,11-15,17H2,1-2H3,(H,26,32)(H,30,31)/t20-/m0/s1. The molecule has 0 aliphatic carbocycles. The van der Waals surface area contributed by atoms with Crippen molar-refractivity contribution in [2.45, 2.75) is 30.4 Å². The number of nitrogens with zero attached hydrogens (tertiary/aromatic N) is 2. The van der Waals surface area contributed by atoms with Crippen LogP contribution in [0.3, 0.4) is 0 Å². The van der Waals surface area contributed by atoms with Crippen LogP contribution in [-0.4, -0.2) is 87.1 Å². The highest BCUT2D eigenvalue weighted by Crippen LogP contribution is 2.31. The summed E-state index contributed by atoms with van der Waals surface area (Å²) in [5, 5.41) is 11.7. The molecule has 1 heterocycles. The third-order valence-electron chi connectivity index (χ3n) is 6.03. The lowest BCUT2D eigenvalue weighted by atomic mass is 10.1. The van der Waals surface area contributed by atoms with Crippen molar-refractivity contribution >= 4 is 28.0 Å². The maximum atomic E-state index is 13.1. The highest BCUT2D eigenvalue weighted by Gasteiger charge is 2.31. The van der Waals surface area contributed by atoms with Crippen LogP contribution < -0.4 is 14.8 Å². The molecule has 0 radical (unpaired) electrons. The van der Waals surface area contributed by atoms with E-state index in [-0.39, 0.29) is 62.2 Å². The number of amides is 2. The van der Waals surface area contributed by atoms with Gasteiger partial charge in [-0.15, -0.1) is 0 Å². The molecule has 13 heteroatoms. The molecule has 12 nitrogen and oxygen atoms in total. The second-order valence-corrected chi connectivity index (χ2v) is 10.4. The molecule has 2 amide bonds. The number of hydrogen-bond donors (Lipinski definition) is 2. The van der Waals surface area contributed by atoms with Gasteiger partial charge in [0.25, 0.3) is 0 Å². The Labute approximate surface area is 221 Å². The normalized spacial score (nSPS) is 14.8. The molecule has 1 aliphatic heterocycles. The Bertz CT molecular complexity index is 1230. The van der Waals surface area contributed by atoms with Gasteiger partial charge in [0, 0.05) is 38.7 Å². The quantitative estimate of drug-likeness (QED) is 0.427. The molecule has 1 saturated heterocycles. The van der Waals surface area contributed by atoms with E-state index in [0.717, 1.165) is 5.56 Å². The maximum Gasteiger partial charge on any atom is 0.408 e. The summed E-state index contributed by atoms with van der Waals surface area (Å²) < 4.78 is 42.8. The third-order valence-corrected chi connectivity index (χ3v) is 7.93. The highest BCUT2D eigenvalue weighted by atomic mass is 32.2. The van der Waals surface area contributed by atoms with Crippen molar-refractivity contribution in [1.82, 2.24) is 14.5 Å². The molecular weight excluding hydrogens is 518 g/mol. The lowest BCUT2D eigenvalue weighted by Gasteiger charge is -2.34. The number of nitrogens with one attached hydrogen (secondary N) is 1. The predicted octanol–water partition coefficient (Wildman–Crippen LogP) is 1.70. The van der Waals surface area contributed by atoms with Gasteiger partial charge in [0.1, 0.15) is 12.6 Å². The minimum atomic E-state index is -3.82. The maximum absolute atomic E-state index is 13.1. The third kappa shape index (κ3) is 7.35. The lowest BCUT2D eigenvalue weighted by Crippen LogP contribution is -2.50. The molecule has 0 bridgehead atoms. The van der Waals surface area contributed by atoms with E-state index in [0.29, 0.717) is 5.75 Å². The zero-order chi connectivity index (χ0) is 27.7. The second-order valence-electron chi connectivity index (χ2n) is 8.44. The summed E-state index contributed by atoms with van der Waals surface area (Å²) in [5.41, 5.74) is 0.747. The van der Waals surface area contributed by atoms with Crippen LogP contribution in [0.25, 0.3) is 0 Å². The number of piperazine rings is 1. The van der Waals surface area contributed by atoms with Crippen LogP contribution in [0, 0.1) is 0 Å². The van der Waals surface area contributed by atoms with Crippen molar-refractivity contribution in [2.75, 3.05) is 40.4 Å². The van der Waals surface area contributed by atoms with E-state index < -0.39 is 28.1 Å². The number of sulfonamides is 1. The smallest absolute Gasteiger partial charge is 0.408 e. The topological polar surface area (TPSA) is 152 Å². The van der Waals surface area contributed by atoms with Crippen molar-refractivity contribution in [3.05, 3.63) is 54.1 Å². The van der Waals surface area contributed by atoms with Crippen LogP contribution in [0.5, 0.6) is 11.5 Å². The Balaban J connectivity index is 1.49. The Hall–Kier alpha value is -3.84. The van der Waals surface area contributed by atoms with Gasteiger partial charge in [0.2, 0.25) is 15.9 Å². The first-order valence-electron chi connectivity index (χ1n) is 11.9. The van der Waals surface area contributed by atoms with Crippen molar-refractivity contribution in [3.63, 3.8) is 0 Å². The molecule has 1 atom stereocenters. The zero-order valence-corrected chi connectivity index (χ0v) is 22.0. The number of carbonyl (C=O) groups is 3. The molecule has 0 aromatic heterocycles. The first kappa shape index (κ1) is 28.7. The van der Waals surface area contributed by atoms with Crippen LogP contribution in [0.2, 0.25) is 0 Å². The number of ether oxygens (including phenoxy) is 3. The molecule has 2 N–H and O–H groups in total. The molecule has 2 aromatic carbocycles. The highest BCUT2D eigenvalue weighted by molar-refractivity contribution is 7.89. The summed E-state index contributed by atoms with van der Waals surface area (Å²) in [6.07, 6.45) is -1.18. The first-order chi connectivity index (χ1) is 18.1. The van der Waals surface area contributed by atoms with Crippen molar-refractivity contribution in [3.8, 4) is 11.5 Å². The van der Waals surface area contributed by atoms with Gasteiger partial charge in [-0.05, 0) is 24.1 Å². The Morgan fingerprint density at radius 2 is 1.63 bits per heavy atom. The summed E-state index contributed by atoms with van der Waals surface area (Å²) in [7, 11) is -0.958. The average molecular weight is 550 g/mol. The fourth-order valence-corrected chi connectivity index (χ4v) is 5.33. The number of alkyl carbamates (subject to hydrolysis) is 1. The summed E-state index contributed by atoms with van der Waals surface area (Å²) in [5.74, 6) is -0.937. The van der Waals surface area contributed by atoms with E-state index in [1.807, 2.05) is 6.07 Å². The minimum Gasteiger partial charge on any atom is -0.493 e. The molecule has 38 heavy (non-hydrogen) atoms. The van der Waals surface area contributed by atoms with Crippen molar-refractivity contribution in [2.24, 2.45) is 0 Å². The number of carboxylic acid groups (broad SMARTS) is 1. The number of aliphatic carboxylic acids is 1. The number of hydrogen-bond acceptors (Lipinski definition) is 8. The molecular formula is C25H31N3O9S. The number of carbonyl (C=O) groups excluding carboxylic acids is 2. The molecule has 0 saturated carbocycles. The van der Waals surface area contributed by atoms with Gasteiger partial charge in [-0.3, -0.25) is 4.79 Å². The second kappa shape index (κ2) is 13.1. The van der Waals surface area contributed by atoms with E-state index in [1.165, 1.54) is 41.6 Å². The van der Waals surface area contributed by atoms with Gasteiger partial charge in [-0.1, -0.05) is 30.3 Å². The Morgan fingerprint density at radius 3 is 2.24 bits per heavy atom. The molecule has 3 rings (SSSR count). The van der Waals surface area contributed by atoms with Crippen molar-refractivity contribution < 1.29 is 42.1 Å². The Kier molecular flexibility index (Phi) is 9.91. The summed E-state index contributed by atoms with van der Waals surface area (Å²) in [6.45, 7) is 0.434. The van der Waals surface area contributed by atoms with Crippen LogP contribution in [-0.2, 0) is 31.0 Å². The SMILES string of the molecule is COc1ccc(S(=O)(=O)N2CCN(C(=O)CC[C@H](NC(=O)OCc3ccccc3)C(=O)O)CC2)cc1OC. The van der Waals surface area contributed by atoms with E-state index >= 15 is 0 Å². The molecule has 2 aromatic rings. The summed E-state index contributed by atoms with van der Waals surface area (Å²) >= 11 is 0. The van der Waals surface area contributed by atoms with Crippen LogP contribution in [0.4, 0.5) is 4.79 Å². The zero-order valence-electron chi connectivity index (χ0n) is 21.2. The van der Waals surface area contributed by atoms with Crippen molar-refractivity contribution in [1.29, 1.82) is 0 Å². The fraction of sp³-hybridized carbons (Fsp3) is 0.400. The largest absolute Gasteiger partial charge is 0.493 e. The summed E-state index contributed by atoms with van der Waals surface area (Å²) in [4.78, 5) is 37.8. The van der Waals surface area contributed by atoms with Crippen LogP contribution in [0.1, 0.15) is 18.4 Å². The van der Waals surface area contributed by atoms with E-state index in [2.05, 4.69) is 5.32 Å². The first-order valence-corrected chi connectivity index (χ1v) is 13.3. The summed E-state index contributed by atoms with van der Waals surface area (Å²) in [6, 6.07) is 11.9. The molecule has 206 valence electrons. The number of carboxylic acids is 1. The van der Waals surface area contributed by atoms with Gasteiger partial charge in [0.15, 0.2) is 11.5 Å². The van der Waals surface area contributed by atoms with Crippen LogP contribution in [0.15, 0.2) is 53.4 Å². The van der Waals surface area contributed by atoms with E-state index in [9.17, 15) is 27.9 Å². The predicted molar refractivity (Wildman–Crippen MR) is 135 cm³/mol. The molecule has 0 unspecified atom stereocenters. The molecule has 0 spiro atoms. The number of methoxy groups -OCH3 is 2. The number of rotatable bonds is 11. The Morgan fingerprint density at radius 1 is 0.974 bits per heavy atom. The average Bonchev–Trinajstić information content (AvgIpc) is 2.93. The minimum absolute atomic E-state index is 0.0194. The molecule has 1 fully saturated rings. The van der Waals surface area contributed by atoms with Gasteiger partial charge in [0.05, 0.1) is 19.1 Å². The monoisotopic (exact) mass is 549 g/mol. The van der Waals surface area contributed by atoms with E-state index in [4.69, 9.17) is 14.2 Å². The molecule has 1 aliphatic rings.